The molecule has 1 saturated carbocycles. The monoisotopic (exact) mass is 224 g/mol. The summed E-state index contributed by atoms with van der Waals surface area (Å²) in [6.07, 6.45) is 5.52. The summed E-state index contributed by atoms with van der Waals surface area (Å²) in [6.45, 7) is 0.599. The molecular formula is C10H16N4O2. The average molecular weight is 224 g/mol. The smallest absolute Gasteiger partial charge is 0.303 e. The van der Waals surface area contributed by atoms with E-state index in [1.807, 2.05) is 0 Å². The van der Waals surface area contributed by atoms with Crippen molar-refractivity contribution in [1.82, 2.24) is 20.2 Å². The zero-order valence-electron chi connectivity index (χ0n) is 9.17. The second kappa shape index (κ2) is 5.05. The molecule has 1 N–H and O–H groups in total. The first-order valence-corrected chi connectivity index (χ1v) is 5.72. The van der Waals surface area contributed by atoms with Crippen molar-refractivity contribution < 1.29 is 9.90 Å². The van der Waals surface area contributed by atoms with Crippen molar-refractivity contribution in [2.24, 2.45) is 5.92 Å². The van der Waals surface area contributed by atoms with Gasteiger partial charge in [-0.15, -0.1) is 5.10 Å². The number of nitrogens with zero attached hydrogens (tertiary/aromatic N) is 4. The maximum Gasteiger partial charge on any atom is 0.303 e. The average Bonchev–Trinajstić information content (AvgIpc) is 2.59. The highest BCUT2D eigenvalue weighted by Gasteiger charge is 2.20. The minimum Gasteiger partial charge on any atom is -0.481 e. The zero-order valence-corrected chi connectivity index (χ0v) is 9.17. The molecule has 0 spiro atoms. The minimum absolute atomic E-state index is 0.169. The van der Waals surface area contributed by atoms with Gasteiger partial charge in [0.25, 0.3) is 0 Å². The lowest BCUT2D eigenvalue weighted by molar-refractivity contribution is -0.137. The van der Waals surface area contributed by atoms with Crippen molar-refractivity contribution in [2.45, 2.75) is 45.1 Å². The van der Waals surface area contributed by atoms with Crippen LogP contribution >= 0.6 is 0 Å². The number of rotatable bonds is 6. The topological polar surface area (TPSA) is 80.9 Å². The first-order chi connectivity index (χ1) is 7.75. The van der Waals surface area contributed by atoms with E-state index in [1.165, 1.54) is 19.3 Å². The Balaban J connectivity index is 1.83. The van der Waals surface area contributed by atoms with Crippen LogP contribution in [0.2, 0.25) is 0 Å². The fourth-order valence-corrected chi connectivity index (χ4v) is 1.88. The molecule has 1 aromatic rings. The molecule has 1 heterocycles. The molecule has 0 bridgehead atoms. The highest BCUT2D eigenvalue weighted by molar-refractivity contribution is 5.66. The van der Waals surface area contributed by atoms with Crippen LogP contribution in [0.1, 0.15) is 37.9 Å². The molecule has 0 atom stereocenters. The van der Waals surface area contributed by atoms with E-state index in [0.29, 0.717) is 13.0 Å². The Hall–Kier alpha value is -1.46. The van der Waals surface area contributed by atoms with Gasteiger partial charge in [-0.25, -0.2) is 4.68 Å². The summed E-state index contributed by atoms with van der Waals surface area (Å²) >= 11 is 0. The van der Waals surface area contributed by atoms with Crippen LogP contribution in [-0.4, -0.2) is 31.3 Å². The molecule has 88 valence electrons. The SMILES string of the molecule is O=C(O)CCCn1nnnc1CC1CCC1. The van der Waals surface area contributed by atoms with Crippen molar-refractivity contribution in [3.8, 4) is 0 Å². The van der Waals surface area contributed by atoms with Crippen LogP contribution < -0.4 is 0 Å². The number of aryl methyl sites for hydroxylation is 1. The van der Waals surface area contributed by atoms with Gasteiger partial charge in [0.2, 0.25) is 0 Å². The molecule has 0 saturated heterocycles. The van der Waals surface area contributed by atoms with Crippen molar-refractivity contribution in [3.05, 3.63) is 5.82 Å². The Labute approximate surface area is 93.6 Å². The van der Waals surface area contributed by atoms with Crippen molar-refractivity contribution in [2.75, 3.05) is 0 Å². The van der Waals surface area contributed by atoms with Gasteiger partial charge in [0.1, 0.15) is 0 Å². The molecule has 6 nitrogen and oxygen atoms in total. The van der Waals surface area contributed by atoms with E-state index in [2.05, 4.69) is 15.5 Å². The fraction of sp³-hybridized carbons (Fsp3) is 0.800. The van der Waals surface area contributed by atoms with E-state index >= 15 is 0 Å². The number of tetrazole rings is 1. The van der Waals surface area contributed by atoms with Gasteiger partial charge in [0.05, 0.1) is 0 Å². The molecule has 0 radical (unpaired) electrons. The highest BCUT2D eigenvalue weighted by atomic mass is 16.4. The van der Waals surface area contributed by atoms with Crippen LogP contribution in [0.5, 0.6) is 0 Å². The van der Waals surface area contributed by atoms with Gasteiger partial charge in [0.15, 0.2) is 5.82 Å². The van der Waals surface area contributed by atoms with Crippen LogP contribution in [0.25, 0.3) is 0 Å². The Kier molecular flexibility index (Phi) is 3.48. The zero-order chi connectivity index (χ0) is 11.4. The Morgan fingerprint density at radius 3 is 2.94 bits per heavy atom. The summed E-state index contributed by atoms with van der Waals surface area (Å²) in [5.74, 6) is 0.855. The third-order valence-corrected chi connectivity index (χ3v) is 3.06. The van der Waals surface area contributed by atoms with E-state index in [-0.39, 0.29) is 6.42 Å². The lowest BCUT2D eigenvalue weighted by atomic mass is 9.83. The van der Waals surface area contributed by atoms with Crippen molar-refractivity contribution in [3.63, 3.8) is 0 Å². The van der Waals surface area contributed by atoms with Crippen LogP contribution in [0.3, 0.4) is 0 Å². The van der Waals surface area contributed by atoms with Crippen molar-refractivity contribution in [1.29, 1.82) is 0 Å². The summed E-state index contributed by atoms with van der Waals surface area (Å²) in [7, 11) is 0. The molecule has 6 heteroatoms. The van der Waals surface area contributed by atoms with Crippen LogP contribution in [-0.2, 0) is 17.8 Å². The summed E-state index contributed by atoms with van der Waals surface area (Å²) < 4.78 is 1.74. The van der Waals surface area contributed by atoms with Gasteiger partial charge in [0, 0.05) is 19.4 Å². The third kappa shape index (κ3) is 2.77. The largest absolute Gasteiger partial charge is 0.481 e. The van der Waals surface area contributed by atoms with Crippen LogP contribution in [0, 0.1) is 5.92 Å². The van der Waals surface area contributed by atoms with Crippen LogP contribution in [0.4, 0.5) is 0 Å². The quantitative estimate of drug-likeness (QED) is 0.775. The van der Waals surface area contributed by atoms with Gasteiger partial charge in [-0.05, 0) is 22.8 Å². The van der Waals surface area contributed by atoms with E-state index in [9.17, 15) is 4.79 Å². The summed E-state index contributed by atoms with van der Waals surface area (Å²) in [5, 5.41) is 20.1. The molecule has 0 amide bonds. The fourth-order valence-electron chi connectivity index (χ4n) is 1.88. The first kappa shape index (κ1) is 11.0. The molecule has 1 aliphatic rings. The normalized spacial score (nSPS) is 16.0. The molecule has 16 heavy (non-hydrogen) atoms. The maximum absolute atomic E-state index is 10.4. The van der Waals surface area contributed by atoms with Crippen LogP contribution in [0.15, 0.2) is 0 Å². The van der Waals surface area contributed by atoms with Gasteiger partial charge in [-0.3, -0.25) is 4.79 Å². The summed E-state index contributed by atoms with van der Waals surface area (Å²) in [6, 6.07) is 0. The van der Waals surface area contributed by atoms with E-state index in [1.54, 1.807) is 4.68 Å². The number of aromatic nitrogens is 4. The lowest BCUT2D eigenvalue weighted by Crippen LogP contribution is -2.17. The van der Waals surface area contributed by atoms with Gasteiger partial charge >= 0.3 is 5.97 Å². The standard InChI is InChI=1S/C10H16N4O2/c15-10(16)5-2-6-14-9(11-12-13-14)7-8-3-1-4-8/h8H,1-7H2,(H,15,16). The van der Waals surface area contributed by atoms with E-state index in [0.717, 1.165) is 18.2 Å². The van der Waals surface area contributed by atoms with E-state index in [4.69, 9.17) is 5.11 Å². The van der Waals surface area contributed by atoms with Crippen molar-refractivity contribution >= 4 is 5.97 Å². The molecule has 2 rings (SSSR count). The second-order valence-corrected chi connectivity index (χ2v) is 4.32. The molecule has 1 aliphatic carbocycles. The predicted molar refractivity (Wildman–Crippen MR) is 55.7 cm³/mol. The number of carboxylic acid groups (broad SMARTS) is 1. The highest BCUT2D eigenvalue weighted by Crippen LogP contribution is 2.28. The van der Waals surface area contributed by atoms with Gasteiger partial charge < -0.3 is 5.11 Å². The predicted octanol–water partition coefficient (Wildman–Crippen LogP) is 0.880. The number of carboxylic acids is 1. The number of hydrogen-bond acceptors (Lipinski definition) is 4. The Morgan fingerprint density at radius 2 is 2.31 bits per heavy atom. The minimum atomic E-state index is -0.770. The molecule has 1 fully saturated rings. The summed E-state index contributed by atoms with van der Waals surface area (Å²) in [5.41, 5.74) is 0. The molecule has 1 aromatic heterocycles. The summed E-state index contributed by atoms with van der Waals surface area (Å²) in [4.78, 5) is 10.4. The third-order valence-electron chi connectivity index (χ3n) is 3.06. The molecular weight excluding hydrogens is 208 g/mol. The maximum atomic E-state index is 10.4. The van der Waals surface area contributed by atoms with Gasteiger partial charge in [-0.2, -0.15) is 0 Å². The number of hydrogen-bond donors (Lipinski definition) is 1. The second-order valence-electron chi connectivity index (χ2n) is 4.32. The lowest BCUT2D eigenvalue weighted by Gasteiger charge is -2.24. The first-order valence-electron chi connectivity index (χ1n) is 5.72. The number of carbonyl (C=O) groups is 1. The molecule has 0 aromatic carbocycles. The van der Waals surface area contributed by atoms with Gasteiger partial charge in [-0.1, -0.05) is 19.3 Å². The Morgan fingerprint density at radius 1 is 1.50 bits per heavy atom. The molecule has 0 aliphatic heterocycles. The molecule has 0 unspecified atom stereocenters. The Bertz CT molecular complexity index is 359. The number of aliphatic carboxylic acids is 1. The van der Waals surface area contributed by atoms with E-state index < -0.39 is 5.97 Å².